The Morgan fingerprint density at radius 2 is 1.89 bits per heavy atom. The molecule has 0 atom stereocenters. The molecule has 0 spiro atoms. The van der Waals surface area contributed by atoms with Crippen LogP contribution in [0.25, 0.3) is 0 Å². The van der Waals surface area contributed by atoms with Gasteiger partial charge >= 0.3 is 5.97 Å². The number of halogens is 1. The molecule has 0 saturated carbocycles. The summed E-state index contributed by atoms with van der Waals surface area (Å²) in [6, 6.07) is 15.8. The van der Waals surface area contributed by atoms with Crippen LogP contribution >= 0.6 is 0 Å². The molecular formula is C21H18FN3O3. The van der Waals surface area contributed by atoms with E-state index >= 15 is 0 Å². The van der Waals surface area contributed by atoms with Gasteiger partial charge < -0.3 is 15.4 Å². The lowest BCUT2D eigenvalue weighted by Crippen LogP contribution is -2.16. The van der Waals surface area contributed by atoms with E-state index in [1.807, 2.05) is 0 Å². The molecule has 142 valence electrons. The molecule has 28 heavy (non-hydrogen) atoms. The first kappa shape index (κ1) is 19.0. The number of hydrogen-bond acceptors (Lipinski definition) is 5. The molecule has 0 unspecified atom stereocenters. The van der Waals surface area contributed by atoms with Crippen molar-refractivity contribution in [2.45, 2.75) is 6.92 Å². The van der Waals surface area contributed by atoms with Gasteiger partial charge in [0, 0.05) is 11.9 Å². The smallest absolute Gasteiger partial charge is 0.340 e. The van der Waals surface area contributed by atoms with Crippen LogP contribution in [0.1, 0.15) is 27.6 Å². The van der Waals surface area contributed by atoms with Crippen molar-refractivity contribution in [2.75, 3.05) is 17.2 Å². The number of nitrogens with zero attached hydrogens (tertiary/aromatic N) is 1. The Balaban J connectivity index is 1.71. The first-order chi connectivity index (χ1) is 13.6. The lowest BCUT2D eigenvalue weighted by Gasteiger charge is -2.11. The number of amides is 1. The average molecular weight is 379 g/mol. The number of carbonyl (C=O) groups is 2. The summed E-state index contributed by atoms with van der Waals surface area (Å²) in [5.41, 5.74) is 1.49. The molecule has 2 N–H and O–H groups in total. The number of anilines is 3. The second kappa shape index (κ2) is 8.77. The average Bonchev–Trinajstić information content (AvgIpc) is 2.69. The largest absolute Gasteiger partial charge is 0.462 e. The topological polar surface area (TPSA) is 80.3 Å². The van der Waals surface area contributed by atoms with Crippen molar-refractivity contribution in [1.29, 1.82) is 0 Å². The summed E-state index contributed by atoms with van der Waals surface area (Å²) < 4.78 is 18.2. The van der Waals surface area contributed by atoms with Gasteiger partial charge in [0.1, 0.15) is 11.6 Å². The zero-order valence-electron chi connectivity index (χ0n) is 15.1. The Bertz CT molecular complexity index is 990. The van der Waals surface area contributed by atoms with Gasteiger partial charge in [0.05, 0.1) is 23.4 Å². The molecule has 1 heterocycles. The summed E-state index contributed by atoms with van der Waals surface area (Å²) in [5.74, 6) is -0.817. The molecule has 7 heteroatoms. The number of esters is 1. The number of carbonyl (C=O) groups excluding carboxylic acids is 2. The quantitative estimate of drug-likeness (QED) is 0.621. The molecule has 3 rings (SSSR count). The SMILES string of the molecule is CCOC(=O)c1ccccc1NC(=O)c1ccc(Nc2cccc(F)c2)nc1. The van der Waals surface area contributed by atoms with Crippen molar-refractivity contribution in [3.63, 3.8) is 0 Å². The van der Waals surface area contributed by atoms with Gasteiger partial charge in [0.2, 0.25) is 0 Å². The van der Waals surface area contributed by atoms with E-state index in [1.54, 1.807) is 55.5 Å². The zero-order valence-corrected chi connectivity index (χ0v) is 15.1. The number of pyridine rings is 1. The zero-order chi connectivity index (χ0) is 19.9. The van der Waals surface area contributed by atoms with Crippen LogP contribution in [0.3, 0.4) is 0 Å². The number of aromatic nitrogens is 1. The Hall–Kier alpha value is -3.74. The Kier molecular flexibility index (Phi) is 5.96. The van der Waals surface area contributed by atoms with E-state index < -0.39 is 11.9 Å². The highest BCUT2D eigenvalue weighted by Crippen LogP contribution is 2.19. The normalized spacial score (nSPS) is 10.2. The lowest BCUT2D eigenvalue weighted by molar-refractivity contribution is 0.0527. The molecule has 6 nitrogen and oxygen atoms in total. The van der Waals surface area contributed by atoms with Gasteiger partial charge in [-0.05, 0) is 49.4 Å². The molecule has 3 aromatic rings. The van der Waals surface area contributed by atoms with E-state index in [9.17, 15) is 14.0 Å². The monoisotopic (exact) mass is 379 g/mol. The molecule has 0 radical (unpaired) electrons. The number of ether oxygens (including phenoxy) is 1. The highest BCUT2D eigenvalue weighted by molar-refractivity contribution is 6.07. The van der Waals surface area contributed by atoms with Crippen LogP contribution in [0.2, 0.25) is 0 Å². The molecule has 0 bridgehead atoms. The fourth-order valence-electron chi connectivity index (χ4n) is 2.49. The number of para-hydroxylation sites is 1. The van der Waals surface area contributed by atoms with Crippen LogP contribution in [-0.2, 0) is 4.74 Å². The molecular weight excluding hydrogens is 361 g/mol. The maximum atomic E-state index is 13.2. The minimum Gasteiger partial charge on any atom is -0.462 e. The van der Waals surface area contributed by atoms with Crippen LogP contribution in [0.5, 0.6) is 0 Å². The first-order valence-electron chi connectivity index (χ1n) is 8.63. The van der Waals surface area contributed by atoms with Gasteiger partial charge in [0.15, 0.2) is 0 Å². The Labute approximate surface area is 161 Å². The van der Waals surface area contributed by atoms with E-state index in [4.69, 9.17) is 4.74 Å². The number of hydrogen-bond donors (Lipinski definition) is 2. The predicted molar refractivity (Wildman–Crippen MR) is 104 cm³/mol. The number of rotatable bonds is 6. The van der Waals surface area contributed by atoms with Gasteiger partial charge in [-0.3, -0.25) is 4.79 Å². The third-order valence-corrected chi connectivity index (χ3v) is 3.79. The summed E-state index contributed by atoms with van der Waals surface area (Å²) in [4.78, 5) is 28.7. The Morgan fingerprint density at radius 3 is 2.61 bits per heavy atom. The second-order valence-electron chi connectivity index (χ2n) is 5.79. The van der Waals surface area contributed by atoms with Gasteiger partial charge in [-0.2, -0.15) is 0 Å². The maximum Gasteiger partial charge on any atom is 0.340 e. The van der Waals surface area contributed by atoms with Crippen LogP contribution in [0.4, 0.5) is 21.6 Å². The number of nitrogens with one attached hydrogen (secondary N) is 2. The molecule has 0 saturated heterocycles. The molecule has 0 aliphatic heterocycles. The summed E-state index contributed by atoms with van der Waals surface area (Å²) >= 11 is 0. The van der Waals surface area contributed by atoms with Crippen LogP contribution in [0, 0.1) is 5.82 Å². The molecule has 2 aromatic carbocycles. The minimum atomic E-state index is -0.508. The molecule has 0 fully saturated rings. The van der Waals surface area contributed by atoms with Gasteiger partial charge in [-0.25, -0.2) is 14.2 Å². The van der Waals surface area contributed by atoms with Gasteiger partial charge in [-0.1, -0.05) is 18.2 Å². The van der Waals surface area contributed by atoms with E-state index in [0.717, 1.165) is 0 Å². The maximum absolute atomic E-state index is 13.2. The third kappa shape index (κ3) is 4.70. The van der Waals surface area contributed by atoms with Crippen LogP contribution in [0.15, 0.2) is 66.9 Å². The standard InChI is InChI=1S/C21H18FN3O3/c1-2-28-21(27)17-8-3-4-9-18(17)25-20(26)14-10-11-19(23-13-14)24-16-7-5-6-15(22)12-16/h3-13H,2H2,1H3,(H,23,24)(H,25,26). The van der Waals surface area contributed by atoms with Crippen molar-refractivity contribution in [1.82, 2.24) is 4.98 Å². The third-order valence-electron chi connectivity index (χ3n) is 3.79. The summed E-state index contributed by atoms with van der Waals surface area (Å²) in [7, 11) is 0. The van der Waals surface area contributed by atoms with Crippen molar-refractivity contribution < 1.29 is 18.7 Å². The van der Waals surface area contributed by atoms with Crippen molar-refractivity contribution in [2.24, 2.45) is 0 Å². The lowest BCUT2D eigenvalue weighted by atomic mass is 10.1. The fourth-order valence-corrected chi connectivity index (χ4v) is 2.49. The number of benzene rings is 2. The van der Waals surface area contributed by atoms with E-state index in [-0.39, 0.29) is 18.0 Å². The minimum absolute atomic E-state index is 0.241. The van der Waals surface area contributed by atoms with Crippen LogP contribution in [-0.4, -0.2) is 23.5 Å². The summed E-state index contributed by atoms with van der Waals surface area (Å²) in [6.07, 6.45) is 1.39. The van der Waals surface area contributed by atoms with Crippen molar-refractivity contribution in [3.8, 4) is 0 Å². The highest BCUT2D eigenvalue weighted by Gasteiger charge is 2.15. The van der Waals surface area contributed by atoms with Crippen LogP contribution < -0.4 is 10.6 Å². The molecule has 0 aliphatic carbocycles. The Morgan fingerprint density at radius 1 is 1.07 bits per heavy atom. The highest BCUT2D eigenvalue weighted by atomic mass is 19.1. The second-order valence-corrected chi connectivity index (χ2v) is 5.79. The van der Waals surface area contributed by atoms with Crippen molar-refractivity contribution >= 4 is 29.1 Å². The van der Waals surface area contributed by atoms with Gasteiger partial charge in [-0.15, -0.1) is 0 Å². The molecule has 0 aliphatic rings. The predicted octanol–water partition coefficient (Wildman–Crippen LogP) is 4.39. The molecule has 1 aromatic heterocycles. The van der Waals surface area contributed by atoms with E-state index in [2.05, 4.69) is 15.6 Å². The van der Waals surface area contributed by atoms with E-state index in [0.29, 0.717) is 22.8 Å². The molecule has 1 amide bonds. The van der Waals surface area contributed by atoms with Gasteiger partial charge in [0.25, 0.3) is 5.91 Å². The first-order valence-corrected chi connectivity index (χ1v) is 8.63. The summed E-state index contributed by atoms with van der Waals surface area (Å²) in [6.45, 7) is 1.95. The fraction of sp³-hybridized carbons (Fsp3) is 0.0952. The van der Waals surface area contributed by atoms with Crippen molar-refractivity contribution in [3.05, 3.63) is 83.8 Å². The van der Waals surface area contributed by atoms with E-state index in [1.165, 1.54) is 18.3 Å². The summed E-state index contributed by atoms with van der Waals surface area (Å²) in [5, 5.41) is 5.65.